The van der Waals surface area contributed by atoms with Crippen LogP contribution in [0.15, 0.2) is 54.7 Å². The van der Waals surface area contributed by atoms with E-state index in [-0.39, 0.29) is 0 Å². The first-order valence-corrected chi connectivity index (χ1v) is 9.46. The molecule has 2 aromatic heterocycles. The van der Waals surface area contributed by atoms with Gasteiger partial charge in [0.25, 0.3) is 0 Å². The topological polar surface area (TPSA) is 46.8 Å². The molecule has 0 spiro atoms. The molecule has 4 rings (SSSR count). The normalized spacial score (nSPS) is 17.4. The van der Waals surface area contributed by atoms with Crippen molar-refractivity contribution < 1.29 is 0 Å². The van der Waals surface area contributed by atoms with Crippen molar-refractivity contribution >= 4 is 5.82 Å². The Morgan fingerprint density at radius 1 is 0.962 bits per heavy atom. The summed E-state index contributed by atoms with van der Waals surface area (Å²) in [6.07, 6.45) is 7.95. The average Bonchev–Trinajstić information content (AvgIpc) is 3.14. The van der Waals surface area contributed by atoms with Gasteiger partial charge in [-0.15, -0.1) is 10.2 Å². The van der Waals surface area contributed by atoms with Gasteiger partial charge in [0.05, 0.1) is 5.69 Å². The second-order valence-electron chi connectivity index (χ2n) is 7.02. The zero-order chi connectivity index (χ0) is 17.8. The van der Waals surface area contributed by atoms with Gasteiger partial charge in [-0.05, 0) is 62.8 Å². The number of aromatic nitrogens is 4. The second kappa shape index (κ2) is 7.68. The molecule has 1 aliphatic rings. The van der Waals surface area contributed by atoms with Crippen molar-refractivity contribution in [2.45, 2.75) is 45.1 Å². The van der Waals surface area contributed by atoms with Crippen molar-refractivity contribution in [1.29, 1.82) is 0 Å². The molecule has 3 heterocycles. The third-order valence-electron chi connectivity index (χ3n) is 5.12. The van der Waals surface area contributed by atoms with E-state index in [0.29, 0.717) is 6.04 Å². The first-order valence-electron chi connectivity index (χ1n) is 9.46. The Balaban J connectivity index is 1.47. The summed E-state index contributed by atoms with van der Waals surface area (Å²) in [5, 5.41) is 13.3. The van der Waals surface area contributed by atoms with Gasteiger partial charge in [-0.25, -0.2) is 4.68 Å². The van der Waals surface area contributed by atoms with E-state index in [4.69, 9.17) is 0 Å². The van der Waals surface area contributed by atoms with Crippen molar-refractivity contribution in [1.82, 2.24) is 20.0 Å². The highest BCUT2D eigenvalue weighted by molar-refractivity contribution is 5.41. The van der Waals surface area contributed by atoms with E-state index in [2.05, 4.69) is 56.6 Å². The fraction of sp³-hybridized carbons (Fsp3) is 0.381. The van der Waals surface area contributed by atoms with Crippen molar-refractivity contribution in [3.8, 4) is 5.82 Å². The lowest BCUT2D eigenvalue weighted by molar-refractivity contribution is 0.434. The predicted molar refractivity (Wildman–Crippen MR) is 104 cm³/mol. The number of benzene rings is 1. The maximum Gasteiger partial charge on any atom is 0.175 e. The van der Waals surface area contributed by atoms with Crippen LogP contribution >= 0.6 is 0 Å². The molecule has 0 N–H and O–H groups in total. The summed E-state index contributed by atoms with van der Waals surface area (Å²) in [4.78, 5) is 2.44. The van der Waals surface area contributed by atoms with Crippen LogP contribution < -0.4 is 4.90 Å². The van der Waals surface area contributed by atoms with Gasteiger partial charge in [0.2, 0.25) is 0 Å². The van der Waals surface area contributed by atoms with Crippen LogP contribution in [-0.4, -0.2) is 32.6 Å². The molecule has 134 valence electrons. The molecule has 1 fully saturated rings. The Kier molecular flexibility index (Phi) is 4.95. The minimum absolute atomic E-state index is 0.538. The maximum atomic E-state index is 4.51. The molecule has 5 nitrogen and oxygen atoms in total. The van der Waals surface area contributed by atoms with Crippen molar-refractivity contribution in [3.05, 3.63) is 66.0 Å². The molecular weight excluding hydrogens is 322 g/mol. The van der Waals surface area contributed by atoms with E-state index < -0.39 is 0 Å². The van der Waals surface area contributed by atoms with Gasteiger partial charge in [-0.2, -0.15) is 5.10 Å². The standard InChI is InChI=1S/C21H25N5/c1-17-14-16-26(24-17)21-13-12-20(22-23-21)25-15-6-5-9-19(25)11-10-18-7-3-2-4-8-18/h2-4,7-8,12-14,16,19H,5-6,9-11,15H2,1H3. The van der Waals surface area contributed by atoms with E-state index in [1.807, 2.05) is 25.3 Å². The number of nitrogens with zero attached hydrogens (tertiary/aromatic N) is 5. The van der Waals surface area contributed by atoms with Gasteiger partial charge in [-0.3, -0.25) is 0 Å². The molecule has 0 aliphatic carbocycles. The quantitative estimate of drug-likeness (QED) is 0.701. The molecule has 5 heteroatoms. The van der Waals surface area contributed by atoms with Crippen molar-refractivity contribution in [2.24, 2.45) is 0 Å². The summed E-state index contributed by atoms with van der Waals surface area (Å²) in [6.45, 7) is 3.04. The summed E-state index contributed by atoms with van der Waals surface area (Å²) < 4.78 is 1.77. The highest BCUT2D eigenvalue weighted by atomic mass is 15.4. The van der Waals surface area contributed by atoms with E-state index in [1.54, 1.807) is 4.68 Å². The van der Waals surface area contributed by atoms with E-state index in [0.717, 1.165) is 36.7 Å². The number of aryl methyl sites for hydroxylation is 2. The number of piperidine rings is 1. The van der Waals surface area contributed by atoms with Gasteiger partial charge in [0, 0.05) is 18.8 Å². The number of rotatable bonds is 5. The molecule has 1 unspecified atom stereocenters. The lowest BCUT2D eigenvalue weighted by Gasteiger charge is -2.36. The second-order valence-corrected chi connectivity index (χ2v) is 7.02. The van der Waals surface area contributed by atoms with Gasteiger partial charge in [0.15, 0.2) is 11.6 Å². The number of anilines is 1. The van der Waals surface area contributed by atoms with Gasteiger partial charge in [-0.1, -0.05) is 30.3 Å². The van der Waals surface area contributed by atoms with E-state index in [1.165, 1.54) is 24.8 Å². The van der Waals surface area contributed by atoms with Crippen LogP contribution in [0.1, 0.15) is 36.9 Å². The van der Waals surface area contributed by atoms with E-state index in [9.17, 15) is 0 Å². The SMILES string of the molecule is Cc1ccn(-c2ccc(N3CCCCC3CCc3ccccc3)nn2)n1. The lowest BCUT2D eigenvalue weighted by atomic mass is 9.96. The minimum Gasteiger partial charge on any atom is -0.352 e. The van der Waals surface area contributed by atoms with Crippen molar-refractivity contribution in [2.75, 3.05) is 11.4 Å². The molecular formula is C21H25N5. The molecule has 26 heavy (non-hydrogen) atoms. The summed E-state index contributed by atoms with van der Waals surface area (Å²) >= 11 is 0. The van der Waals surface area contributed by atoms with Gasteiger partial charge in [0.1, 0.15) is 0 Å². The maximum absolute atomic E-state index is 4.51. The molecule has 1 atom stereocenters. The van der Waals surface area contributed by atoms with Crippen LogP contribution in [0.2, 0.25) is 0 Å². The highest BCUT2D eigenvalue weighted by Crippen LogP contribution is 2.26. The zero-order valence-electron chi connectivity index (χ0n) is 15.3. The molecule has 1 aromatic carbocycles. The summed E-state index contributed by atoms with van der Waals surface area (Å²) in [5.74, 6) is 1.75. The number of hydrogen-bond acceptors (Lipinski definition) is 4. The zero-order valence-corrected chi connectivity index (χ0v) is 15.3. The Labute approximate surface area is 154 Å². The summed E-state index contributed by atoms with van der Waals surface area (Å²) in [5.41, 5.74) is 2.39. The first-order chi connectivity index (χ1) is 12.8. The molecule has 0 saturated carbocycles. The molecule has 0 radical (unpaired) electrons. The van der Waals surface area contributed by atoms with Crippen LogP contribution in [0.5, 0.6) is 0 Å². The largest absolute Gasteiger partial charge is 0.352 e. The van der Waals surface area contributed by atoms with Crippen LogP contribution in [-0.2, 0) is 6.42 Å². The van der Waals surface area contributed by atoms with Crippen LogP contribution in [0.25, 0.3) is 5.82 Å². The van der Waals surface area contributed by atoms with Gasteiger partial charge < -0.3 is 4.90 Å². The Morgan fingerprint density at radius 2 is 1.77 bits per heavy atom. The van der Waals surface area contributed by atoms with Crippen LogP contribution in [0.3, 0.4) is 0 Å². The summed E-state index contributed by atoms with van der Waals surface area (Å²) in [7, 11) is 0. The fourth-order valence-corrected chi connectivity index (χ4v) is 3.72. The molecule has 1 saturated heterocycles. The molecule has 1 aliphatic heterocycles. The summed E-state index contributed by atoms with van der Waals surface area (Å²) in [6, 6.07) is 17.4. The predicted octanol–water partition coefficient (Wildman–Crippen LogP) is 3.96. The molecule has 0 bridgehead atoms. The minimum atomic E-state index is 0.538. The molecule has 0 amide bonds. The third kappa shape index (κ3) is 3.77. The monoisotopic (exact) mass is 347 g/mol. The van der Waals surface area contributed by atoms with Crippen LogP contribution in [0, 0.1) is 6.92 Å². The smallest absolute Gasteiger partial charge is 0.175 e. The number of hydrogen-bond donors (Lipinski definition) is 0. The van der Waals surface area contributed by atoms with Crippen molar-refractivity contribution in [3.63, 3.8) is 0 Å². The van der Waals surface area contributed by atoms with Gasteiger partial charge >= 0.3 is 0 Å². The lowest BCUT2D eigenvalue weighted by Crippen LogP contribution is -2.40. The van der Waals surface area contributed by atoms with E-state index >= 15 is 0 Å². The Hall–Kier alpha value is -2.69. The average molecular weight is 347 g/mol. The third-order valence-corrected chi connectivity index (χ3v) is 5.12. The Morgan fingerprint density at radius 3 is 2.50 bits per heavy atom. The highest BCUT2D eigenvalue weighted by Gasteiger charge is 2.23. The fourth-order valence-electron chi connectivity index (χ4n) is 3.72. The molecule has 3 aromatic rings. The van der Waals surface area contributed by atoms with Crippen LogP contribution in [0.4, 0.5) is 5.82 Å². The first kappa shape index (κ1) is 16.8. The Bertz CT molecular complexity index is 825.